The fourth-order valence-corrected chi connectivity index (χ4v) is 0.552. The van der Waals surface area contributed by atoms with E-state index in [-0.39, 0.29) is 0 Å². The molecule has 1 nitrogen and oxygen atoms in total. The van der Waals surface area contributed by atoms with Crippen molar-refractivity contribution in [2.75, 3.05) is 18.5 Å². The zero-order valence-corrected chi connectivity index (χ0v) is 6.49. The van der Waals surface area contributed by atoms with Gasteiger partial charge in [-0.1, -0.05) is 22.0 Å². The van der Waals surface area contributed by atoms with Gasteiger partial charge in [0.15, 0.2) is 0 Å². The summed E-state index contributed by atoms with van der Waals surface area (Å²) in [5.74, 6) is 0. The molecule has 0 amide bonds. The molecule has 0 aromatic carbocycles. The largest absolute Gasteiger partial charge is 0.380 e. The first-order valence-electron chi connectivity index (χ1n) is 2.66. The Morgan fingerprint density at radius 1 is 1.50 bits per heavy atom. The molecule has 0 aliphatic heterocycles. The highest BCUT2D eigenvalue weighted by atomic mass is 79.9. The first-order chi connectivity index (χ1) is 3.91. The van der Waals surface area contributed by atoms with Gasteiger partial charge in [0.25, 0.3) is 0 Å². The van der Waals surface area contributed by atoms with E-state index in [4.69, 9.17) is 4.74 Å². The molecule has 0 fully saturated rings. The summed E-state index contributed by atoms with van der Waals surface area (Å²) in [6, 6.07) is 0. The Hall–Kier alpha value is 0.180. The first kappa shape index (κ1) is 8.18. The first-order valence-corrected chi connectivity index (χ1v) is 3.78. The quantitative estimate of drug-likeness (QED) is 0.356. The van der Waals surface area contributed by atoms with Gasteiger partial charge in [-0.15, -0.1) is 6.58 Å². The maximum absolute atomic E-state index is 5.11. The normalized spacial score (nSPS) is 9.12. The Morgan fingerprint density at radius 2 is 2.25 bits per heavy atom. The molecular formula is C6H11BrO. The summed E-state index contributed by atoms with van der Waals surface area (Å²) in [5.41, 5.74) is 0. The second kappa shape index (κ2) is 7.18. The molecule has 0 N–H and O–H groups in total. The van der Waals surface area contributed by atoms with Crippen LogP contribution in [-0.4, -0.2) is 18.5 Å². The molecule has 2 heteroatoms. The molecule has 0 aromatic heterocycles. The lowest BCUT2D eigenvalue weighted by molar-refractivity contribution is 0.156. The lowest BCUT2D eigenvalue weighted by Crippen LogP contribution is -1.95. The molecule has 8 heavy (non-hydrogen) atoms. The molecule has 0 bridgehead atoms. The van der Waals surface area contributed by atoms with Crippen LogP contribution in [0.2, 0.25) is 0 Å². The van der Waals surface area contributed by atoms with Crippen molar-refractivity contribution in [2.45, 2.75) is 6.42 Å². The predicted molar refractivity (Wildman–Crippen MR) is 39.4 cm³/mol. The molecule has 0 radical (unpaired) electrons. The third kappa shape index (κ3) is 6.18. The molecule has 0 saturated carbocycles. The Labute approximate surface area is 58.9 Å². The minimum atomic E-state index is 0.799. The lowest BCUT2D eigenvalue weighted by Gasteiger charge is -1.95. The number of halogens is 1. The third-order valence-corrected chi connectivity index (χ3v) is 1.01. The van der Waals surface area contributed by atoms with Crippen LogP contribution in [0.3, 0.4) is 0 Å². The average molecular weight is 179 g/mol. The van der Waals surface area contributed by atoms with Crippen LogP contribution < -0.4 is 0 Å². The number of hydrogen-bond acceptors (Lipinski definition) is 1. The standard InChI is InChI=1S/C6H11BrO/c1-2-3-5-8-6-4-7/h2H,1,3-6H2. The van der Waals surface area contributed by atoms with Gasteiger partial charge < -0.3 is 4.74 Å². The van der Waals surface area contributed by atoms with Gasteiger partial charge in [-0.2, -0.15) is 0 Å². The maximum atomic E-state index is 5.11. The van der Waals surface area contributed by atoms with Crippen LogP contribution in [-0.2, 0) is 4.74 Å². The smallest absolute Gasteiger partial charge is 0.0563 e. The summed E-state index contributed by atoms with van der Waals surface area (Å²) in [6.07, 6.45) is 2.81. The van der Waals surface area contributed by atoms with Crippen molar-refractivity contribution < 1.29 is 4.74 Å². The van der Waals surface area contributed by atoms with E-state index in [2.05, 4.69) is 22.5 Å². The number of rotatable bonds is 5. The van der Waals surface area contributed by atoms with E-state index in [1.165, 1.54) is 0 Å². The van der Waals surface area contributed by atoms with E-state index >= 15 is 0 Å². The van der Waals surface area contributed by atoms with Gasteiger partial charge in [-0.3, -0.25) is 0 Å². The third-order valence-electron chi connectivity index (χ3n) is 0.688. The zero-order valence-electron chi connectivity index (χ0n) is 4.90. The van der Waals surface area contributed by atoms with Crippen LogP contribution in [0.4, 0.5) is 0 Å². The summed E-state index contributed by atoms with van der Waals surface area (Å²) in [7, 11) is 0. The predicted octanol–water partition coefficient (Wildman–Crippen LogP) is 1.97. The molecule has 0 heterocycles. The second-order valence-electron chi connectivity index (χ2n) is 1.38. The van der Waals surface area contributed by atoms with Crippen molar-refractivity contribution in [3.05, 3.63) is 12.7 Å². The van der Waals surface area contributed by atoms with Gasteiger partial charge in [0.05, 0.1) is 13.2 Å². The van der Waals surface area contributed by atoms with E-state index in [1.807, 2.05) is 6.08 Å². The van der Waals surface area contributed by atoms with Gasteiger partial charge in [-0.25, -0.2) is 0 Å². The van der Waals surface area contributed by atoms with E-state index in [0.29, 0.717) is 0 Å². The van der Waals surface area contributed by atoms with Gasteiger partial charge in [0.2, 0.25) is 0 Å². The number of hydrogen-bond donors (Lipinski definition) is 0. The average Bonchev–Trinajstić information content (AvgIpc) is 1.81. The van der Waals surface area contributed by atoms with Crippen LogP contribution >= 0.6 is 15.9 Å². The van der Waals surface area contributed by atoms with Gasteiger partial charge in [0.1, 0.15) is 0 Å². The fourth-order valence-electron chi connectivity index (χ4n) is 0.323. The van der Waals surface area contributed by atoms with Crippen LogP contribution in [0.25, 0.3) is 0 Å². The number of ether oxygens (including phenoxy) is 1. The molecule has 48 valence electrons. The minimum Gasteiger partial charge on any atom is -0.380 e. The van der Waals surface area contributed by atoms with Crippen LogP contribution in [0.15, 0.2) is 12.7 Å². The van der Waals surface area contributed by atoms with Crippen molar-refractivity contribution in [3.63, 3.8) is 0 Å². The molecule has 0 spiro atoms. The Balaban J connectivity index is 2.62. The van der Waals surface area contributed by atoms with Crippen LogP contribution in [0, 0.1) is 0 Å². The van der Waals surface area contributed by atoms with Crippen molar-refractivity contribution in [2.24, 2.45) is 0 Å². The number of alkyl halides is 1. The van der Waals surface area contributed by atoms with Gasteiger partial charge >= 0.3 is 0 Å². The molecule has 0 aliphatic carbocycles. The summed E-state index contributed by atoms with van der Waals surface area (Å²) in [6.45, 7) is 5.17. The Kier molecular flexibility index (Phi) is 7.34. The molecule has 0 saturated heterocycles. The molecule has 0 aliphatic rings. The summed E-state index contributed by atoms with van der Waals surface area (Å²) in [5, 5.41) is 0.921. The minimum absolute atomic E-state index is 0.799. The molecule has 0 atom stereocenters. The van der Waals surface area contributed by atoms with Crippen molar-refractivity contribution in [3.8, 4) is 0 Å². The Morgan fingerprint density at radius 3 is 2.75 bits per heavy atom. The van der Waals surface area contributed by atoms with Crippen LogP contribution in [0.1, 0.15) is 6.42 Å². The zero-order chi connectivity index (χ0) is 6.24. The summed E-state index contributed by atoms with van der Waals surface area (Å²) >= 11 is 3.25. The van der Waals surface area contributed by atoms with Crippen molar-refractivity contribution >= 4 is 15.9 Å². The van der Waals surface area contributed by atoms with E-state index in [0.717, 1.165) is 25.0 Å². The van der Waals surface area contributed by atoms with Crippen molar-refractivity contribution in [1.82, 2.24) is 0 Å². The summed E-state index contributed by atoms with van der Waals surface area (Å²) in [4.78, 5) is 0. The van der Waals surface area contributed by atoms with Crippen molar-refractivity contribution in [1.29, 1.82) is 0 Å². The SMILES string of the molecule is C=CCCOCCBr. The van der Waals surface area contributed by atoms with Gasteiger partial charge in [0, 0.05) is 5.33 Å². The van der Waals surface area contributed by atoms with E-state index < -0.39 is 0 Å². The topological polar surface area (TPSA) is 9.23 Å². The highest BCUT2D eigenvalue weighted by molar-refractivity contribution is 9.09. The molecule has 0 aromatic rings. The highest BCUT2D eigenvalue weighted by Crippen LogP contribution is 1.84. The summed E-state index contributed by atoms with van der Waals surface area (Å²) < 4.78 is 5.11. The Bertz CT molecular complexity index is 54.5. The maximum Gasteiger partial charge on any atom is 0.0563 e. The fraction of sp³-hybridized carbons (Fsp3) is 0.667. The molecule has 0 unspecified atom stereocenters. The van der Waals surface area contributed by atoms with E-state index in [9.17, 15) is 0 Å². The van der Waals surface area contributed by atoms with E-state index in [1.54, 1.807) is 0 Å². The molecule has 0 rings (SSSR count). The monoisotopic (exact) mass is 178 g/mol. The van der Waals surface area contributed by atoms with Gasteiger partial charge in [-0.05, 0) is 6.42 Å². The van der Waals surface area contributed by atoms with Crippen LogP contribution in [0.5, 0.6) is 0 Å². The highest BCUT2D eigenvalue weighted by Gasteiger charge is 1.80. The molecular weight excluding hydrogens is 168 g/mol. The second-order valence-corrected chi connectivity index (χ2v) is 2.17. The lowest BCUT2D eigenvalue weighted by atomic mass is 10.5.